The summed E-state index contributed by atoms with van der Waals surface area (Å²) in [5, 5.41) is 0.605. The van der Waals surface area contributed by atoms with Crippen LogP contribution in [0, 0.1) is 5.92 Å². The van der Waals surface area contributed by atoms with Gasteiger partial charge >= 0.3 is 0 Å². The number of nitrogens with zero attached hydrogens (tertiary/aromatic N) is 5. The molecule has 1 amide bonds. The molecule has 4 heterocycles. The second-order valence-electron chi connectivity index (χ2n) is 14.2. The maximum absolute atomic E-state index is 14.3. The van der Waals surface area contributed by atoms with Crippen molar-refractivity contribution in [2.24, 2.45) is 10.9 Å². The van der Waals surface area contributed by atoms with E-state index in [9.17, 15) is 9.59 Å². The molecule has 0 unspecified atom stereocenters. The monoisotopic (exact) mass is 711 g/mol. The van der Waals surface area contributed by atoms with Crippen molar-refractivity contribution in [1.29, 1.82) is 0 Å². The summed E-state index contributed by atoms with van der Waals surface area (Å²) in [5.74, 6) is 3.12. The molecular formula is C43H45N5O5. The molecule has 2 fully saturated rings. The SMILES string of the molecule is COc1cc2c(cc1OCCCCOc1ccc(-n3c(-c4ccccc4)nc4ccc(N5CCC(C)CC5)cc4c3=O)cc1)N=C[C@@H]1CCCN1C2=O. The average Bonchev–Trinajstić information content (AvgIpc) is 3.63. The van der Waals surface area contributed by atoms with Crippen LogP contribution in [0.4, 0.5) is 11.4 Å². The van der Waals surface area contributed by atoms with E-state index in [0.29, 0.717) is 52.7 Å². The summed E-state index contributed by atoms with van der Waals surface area (Å²) in [4.78, 5) is 41.4. The lowest BCUT2D eigenvalue weighted by atomic mass is 9.98. The van der Waals surface area contributed by atoms with Gasteiger partial charge in [-0.05, 0) is 93.0 Å². The predicted octanol–water partition coefficient (Wildman–Crippen LogP) is 7.86. The van der Waals surface area contributed by atoms with E-state index in [1.807, 2.05) is 77.8 Å². The highest BCUT2D eigenvalue weighted by atomic mass is 16.5. The fourth-order valence-corrected chi connectivity index (χ4v) is 7.55. The van der Waals surface area contributed by atoms with Crippen LogP contribution < -0.4 is 24.7 Å². The van der Waals surface area contributed by atoms with Crippen molar-refractivity contribution >= 4 is 34.4 Å². The molecule has 10 heteroatoms. The molecule has 3 aliphatic rings. The third kappa shape index (κ3) is 7.10. The molecule has 0 saturated carbocycles. The number of amides is 1. The Hall–Kier alpha value is -5.64. The number of hydrogen-bond donors (Lipinski definition) is 0. The van der Waals surface area contributed by atoms with E-state index in [1.54, 1.807) is 23.8 Å². The van der Waals surface area contributed by atoms with Gasteiger partial charge in [0.05, 0.1) is 54.2 Å². The highest BCUT2D eigenvalue weighted by Crippen LogP contribution is 2.38. The second-order valence-corrected chi connectivity index (χ2v) is 14.2. The standard InChI is InChI=1S/C43H45N5O5/c1-29-18-21-46(22-19-29)32-14-17-37-35(25-32)43(50)48(41(45-37)30-9-4-3-5-10-30)31-12-15-34(16-13-31)52-23-6-7-24-53-40-27-38-36(26-39(40)51-2)42(49)47-20-8-11-33(47)28-44-38/h3-5,9-10,12-17,25-29,33H,6-8,11,18-24H2,1-2H3/t33-/m0/s1. The minimum atomic E-state index is -0.0976. The number of aromatic nitrogens is 2. The molecule has 2 saturated heterocycles. The number of benzene rings is 4. The third-order valence-electron chi connectivity index (χ3n) is 10.7. The Morgan fingerprint density at radius 2 is 1.55 bits per heavy atom. The van der Waals surface area contributed by atoms with Crippen LogP contribution in [0.2, 0.25) is 0 Å². The first kappa shape index (κ1) is 34.4. The molecule has 0 N–H and O–H groups in total. The van der Waals surface area contributed by atoms with Crippen molar-refractivity contribution in [3.63, 3.8) is 0 Å². The van der Waals surface area contributed by atoms with Crippen LogP contribution in [-0.4, -0.2) is 72.6 Å². The number of fused-ring (bicyclic) bond motifs is 3. The summed E-state index contributed by atoms with van der Waals surface area (Å²) in [5.41, 5.74) is 4.41. The number of anilines is 1. The molecule has 0 bridgehead atoms. The maximum Gasteiger partial charge on any atom is 0.266 e. The van der Waals surface area contributed by atoms with Gasteiger partial charge in [-0.2, -0.15) is 0 Å². The largest absolute Gasteiger partial charge is 0.494 e. The van der Waals surface area contributed by atoms with Gasteiger partial charge in [-0.15, -0.1) is 0 Å². The highest BCUT2D eigenvalue weighted by Gasteiger charge is 2.32. The van der Waals surface area contributed by atoms with Crippen molar-refractivity contribution in [2.75, 3.05) is 44.9 Å². The molecule has 3 aliphatic heterocycles. The van der Waals surface area contributed by atoms with Gasteiger partial charge in [0.25, 0.3) is 11.5 Å². The summed E-state index contributed by atoms with van der Waals surface area (Å²) >= 11 is 0. The van der Waals surface area contributed by atoms with Crippen molar-refractivity contribution in [1.82, 2.24) is 14.5 Å². The lowest BCUT2D eigenvalue weighted by Crippen LogP contribution is -2.35. The van der Waals surface area contributed by atoms with Crippen LogP contribution in [0.3, 0.4) is 0 Å². The van der Waals surface area contributed by atoms with Crippen LogP contribution in [0.15, 0.2) is 94.7 Å². The summed E-state index contributed by atoms with van der Waals surface area (Å²) in [7, 11) is 1.58. The van der Waals surface area contributed by atoms with Gasteiger partial charge in [-0.3, -0.25) is 19.1 Å². The molecule has 53 heavy (non-hydrogen) atoms. The molecule has 0 radical (unpaired) electrons. The topological polar surface area (TPSA) is 98.5 Å². The average molecular weight is 712 g/mol. The van der Waals surface area contributed by atoms with E-state index >= 15 is 0 Å². The zero-order chi connectivity index (χ0) is 36.3. The summed E-state index contributed by atoms with van der Waals surface area (Å²) in [6.07, 6.45) is 7.64. The van der Waals surface area contributed by atoms with Crippen LogP contribution in [0.25, 0.3) is 28.0 Å². The van der Waals surface area contributed by atoms with Crippen molar-refractivity contribution in [3.8, 4) is 34.3 Å². The molecule has 0 aliphatic carbocycles. The number of carbonyl (C=O) groups is 1. The summed E-state index contributed by atoms with van der Waals surface area (Å²) in [6, 6.07) is 27.1. The van der Waals surface area contributed by atoms with E-state index in [1.165, 1.54) is 0 Å². The van der Waals surface area contributed by atoms with E-state index in [4.69, 9.17) is 19.2 Å². The first-order chi connectivity index (χ1) is 26.0. The van der Waals surface area contributed by atoms with Crippen LogP contribution in [-0.2, 0) is 0 Å². The molecule has 1 atom stereocenters. The van der Waals surface area contributed by atoms with Gasteiger partial charge < -0.3 is 24.0 Å². The molecule has 5 aromatic rings. The maximum atomic E-state index is 14.3. The molecular weight excluding hydrogens is 667 g/mol. The normalized spacial score (nSPS) is 17.1. The molecule has 1 aromatic heterocycles. The van der Waals surface area contributed by atoms with E-state index in [-0.39, 0.29) is 17.5 Å². The molecule has 8 rings (SSSR count). The van der Waals surface area contributed by atoms with Gasteiger partial charge in [-0.25, -0.2) is 4.98 Å². The number of methoxy groups -OCH3 is 1. The first-order valence-corrected chi connectivity index (χ1v) is 18.8. The van der Waals surface area contributed by atoms with Crippen LogP contribution >= 0.6 is 0 Å². The van der Waals surface area contributed by atoms with Crippen LogP contribution in [0.1, 0.15) is 55.8 Å². The molecule has 4 aromatic carbocycles. The Balaban J connectivity index is 0.932. The number of rotatable bonds is 11. The number of piperidine rings is 1. The van der Waals surface area contributed by atoms with Crippen molar-refractivity contribution in [3.05, 3.63) is 101 Å². The van der Waals surface area contributed by atoms with Crippen molar-refractivity contribution in [2.45, 2.75) is 51.5 Å². The zero-order valence-electron chi connectivity index (χ0n) is 30.4. The lowest BCUT2D eigenvalue weighted by Gasteiger charge is -2.32. The Morgan fingerprint density at radius 1 is 0.792 bits per heavy atom. The Morgan fingerprint density at radius 3 is 2.32 bits per heavy atom. The number of hydrogen-bond acceptors (Lipinski definition) is 8. The van der Waals surface area contributed by atoms with Crippen LogP contribution in [0.5, 0.6) is 17.2 Å². The zero-order valence-corrected chi connectivity index (χ0v) is 30.4. The Labute approximate surface area is 309 Å². The fourth-order valence-electron chi connectivity index (χ4n) is 7.55. The summed E-state index contributed by atoms with van der Waals surface area (Å²) in [6.45, 7) is 6.00. The quantitative estimate of drug-likeness (QED) is 0.129. The van der Waals surface area contributed by atoms with E-state index in [2.05, 4.69) is 22.9 Å². The molecule has 10 nitrogen and oxygen atoms in total. The van der Waals surface area contributed by atoms with E-state index in [0.717, 1.165) is 86.8 Å². The Kier molecular flexibility index (Phi) is 9.84. The number of unbranched alkanes of at least 4 members (excludes halogenated alkanes) is 1. The minimum Gasteiger partial charge on any atom is -0.494 e. The first-order valence-electron chi connectivity index (χ1n) is 18.8. The van der Waals surface area contributed by atoms with Gasteiger partial charge in [-0.1, -0.05) is 37.3 Å². The summed E-state index contributed by atoms with van der Waals surface area (Å²) < 4.78 is 19.5. The highest BCUT2D eigenvalue weighted by molar-refractivity contribution is 6.03. The lowest BCUT2D eigenvalue weighted by molar-refractivity contribution is 0.0774. The van der Waals surface area contributed by atoms with Gasteiger partial charge in [0.2, 0.25) is 0 Å². The van der Waals surface area contributed by atoms with Gasteiger partial charge in [0, 0.05) is 43.2 Å². The fraction of sp³-hybridized carbons (Fsp3) is 0.349. The van der Waals surface area contributed by atoms with Gasteiger partial charge in [0.15, 0.2) is 11.5 Å². The Bertz CT molecular complexity index is 2190. The smallest absolute Gasteiger partial charge is 0.266 e. The number of carbonyl (C=O) groups excluding carboxylic acids is 1. The molecule has 272 valence electrons. The molecule has 0 spiro atoms. The minimum absolute atomic E-state index is 0.00999. The third-order valence-corrected chi connectivity index (χ3v) is 10.7. The van der Waals surface area contributed by atoms with E-state index < -0.39 is 0 Å². The van der Waals surface area contributed by atoms with Crippen molar-refractivity contribution < 1.29 is 19.0 Å². The van der Waals surface area contributed by atoms with Gasteiger partial charge in [0.1, 0.15) is 11.6 Å². The number of aliphatic imine (C=N–C) groups is 1. The second kappa shape index (κ2) is 15.1. The predicted molar refractivity (Wildman–Crippen MR) is 209 cm³/mol. The number of ether oxygens (including phenoxy) is 3.